The molecular formula is C26H19N5O4S. The van der Waals surface area contributed by atoms with E-state index in [4.69, 9.17) is 10.1 Å². The molecule has 10 heteroatoms. The van der Waals surface area contributed by atoms with E-state index in [1.165, 1.54) is 22.8 Å². The Bertz CT molecular complexity index is 1450. The molecule has 5 rings (SSSR count). The largest absolute Gasteiger partial charge is 0.489 e. The van der Waals surface area contributed by atoms with Crippen molar-refractivity contribution in [1.29, 1.82) is 5.41 Å². The van der Waals surface area contributed by atoms with Gasteiger partial charge in [0, 0.05) is 12.5 Å². The molecule has 9 nitrogen and oxygen atoms in total. The van der Waals surface area contributed by atoms with Crippen LogP contribution >= 0.6 is 11.8 Å². The molecule has 0 saturated heterocycles. The third kappa shape index (κ3) is 4.93. The summed E-state index contributed by atoms with van der Waals surface area (Å²) >= 11 is 1.29. The lowest BCUT2D eigenvalue weighted by atomic mass is 10.1. The molecule has 1 amide bonds. The number of carbonyl (C=O) groups is 1. The van der Waals surface area contributed by atoms with Crippen LogP contribution in [0.4, 0.5) is 5.69 Å². The van der Waals surface area contributed by atoms with Crippen LogP contribution in [0.15, 0.2) is 94.5 Å². The van der Waals surface area contributed by atoms with Crippen molar-refractivity contribution in [3.63, 3.8) is 0 Å². The molecule has 0 bridgehead atoms. The second-order valence-corrected chi connectivity index (χ2v) is 8.96. The molecule has 0 radical (unpaired) electrons. The van der Waals surface area contributed by atoms with Crippen LogP contribution in [0.3, 0.4) is 0 Å². The number of hydrazone groups is 1. The summed E-state index contributed by atoms with van der Waals surface area (Å²) in [4.78, 5) is 27.5. The van der Waals surface area contributed by atoms with Crippen molar-refractivity contribution >= 4 is 45.5 Å². The zero-order valence-corrected chi connectivity index (χ0v) is 19.6. The summed E-state index contributed by atoms with van der Waals surface area (Å²) in [6.45, 7) is 0.0498. The number of para-hydroxylation sites is 1. The highest BCUT2D eigenvalue weighted by atomic mass is 32.2. The molecule has 1 N–H and O–H groups in total. The lowest BCUT2D eigenvalue weighted by Crippen LogP contribution is -2.35. The molecule has 2 aliphatic heterocycles. The molecule has 178 valence electrons. The number of thioether (sulfide) groups is 1. The Kier molecular flexibility index (Phi) is 6.42. The van der Waals surface area contributed by atoms with Gasteiger partial charge in [0.2, 0.25) is 5.17 Å². The third-order valence-corrected chi connectivity index (χ3v) is 6.38. The van der Waals surface area contributed by atoms with E-state index in [1.54, 1.807) is 48.5 Å². The van der Waals surface area contributed by atoms with E-state index in [2.05, 4.69) is 10.1 Å². The number of nitro groups is 1. The SMILES string of the molecule is N=C1/C(=C/c2ccc(OCc3ccccc3[N+](=O)[O-])cc2)C(=O)N=C2SC(Cc3ccccc3)=NN12. The number of hydrogen-bond acceptors (Lipinski definition) is 7. The maximum atomic E-state index is 12.7. The van der Waals surface area contributed by atoms with E-state index in [0.717, 1.165) is 10.6 Å². The normalized spacial score (nSPS) is 16.0. The van der Waals surface area contributed by atoms with Crippen molar-refractivity contribution in [3.8, 4) is 5.75 Å². The zero-order valence-electron chi connectivity index (χ0n) is 18.8. The molecule has 3 aromatic carbocycles. The molecule has 36 heavy (non-hydrogen) atoms. The predicted molar refractivity (Wildman–Crippen MR) is 139 cm³/mol. The molecule has 0 atom stereocenters. The number of nitrogens with one attached hydrogen (secondary N) is 1. The summed E-state index contributed by atoms with van der Waals surface area (Å²) < 4.78 is 5.70. The van der Waals surface area contributed by atoms with Crippen LogP contribution in [0.5, 0.6) is 5.75 Å². The number of ether oxygens (including phenoxy) is 1. The first kappa shape index (κ1) is 23.2. The Morgan fingerprint density at radius 3 is 2.50 bits per heavy atom. The number of amides is 1. The number of carbonyl (C=O) groups excluding carboxylic acids is 1. The predicted octanol–water partition coefficient (Wildman–Crippen LogP) is 5.04. The van der Waals surface area contributed by atoms with Gasteiger partial charge in [-0.05, 0) is 47.2 Å². The zero-order chi connectivity index (χ0) is 25.1. The van der Waals surface area contributed by atoms with Crippen LogP contribution < -0.4 is 4.74 Å². The maximum absolute atomic E-state index is 12.7. The van der Waals surface area contributed by atoms with Crippen molar-refractivity contribution in [2.75, 3.05) is 0 Å². The van der Waals surface area contributed by atoms with Crippen molar-refractivity contribution in [1.82, 2.24) is 5.01 Å². The average Bonchev–Trinajstić information content (AvgIpc) is 3.29. The van der Waals surface area contributed by atoms with Crippen LogP contribution in [-0.4, -0.2) is 31.9 Å². The molecule has 2 aliphatic rings. The highest BCUT2D eigenvalue weighted by molar-refractivity contribution is 8.26. The summed E-state index contributed by atoms with van der Waals surface area (Å²) in [7, 11) is 0. The monoisotopic (exact) mass is 497 g/mol. The second kappa shape index (κ2) is 9.96. The minimum absolute atomic E-state index is 0.00256. The minimum Gasteiger partial charge on any atom is -0.489 e. The van der Waals surface area contributed by atoms with Gasteiger partial charge >= 0.3 is 0 Å². The quantitative estimate of drug-likeness (QED) is 0.277. The van der Waals surface area contributed by atoms with Gasteiger partial charge < -0.3 is 4.74 Å². The highest BCUT2D eigenvalue weighted by Crippen LogP contribution is 2.30. The Balaban J connectivity index is 1.28. The first-order chi connectivity index (χ1) is 17.5. The number of benzene rings is 3. The van der Waals surface area contributed by atoms with Crippen LogP contribution in [0, 0.1) is 15.5 Å². The molecule has 3 aromatic rings. The van der Waals surface area contributed by atoms with E-state index in [9.17, 15) is 14.9 Å². The van der Waals surface area contributed by atoms with E-state index >= 15 is 0 Å². The molecule has 2 heterocycles. The first-order valence-corrected chi connectivity index (χ1v) is 11.8. The van der Waals surface area contributed by atoms with Gasteiger partial charge in [-0.3, -0.25) is 20.3 Å². The van der Waals surface area contributed by atoms with Crippen LogP contribution in [0.1, 0.15) is 16.7 Å². The fraction of sp³-hybridized carbons (Fsp3) is 0.0769. The molecule has 0 aliphatic carbocycles. The second-order valence-electron chi connectivity index (χ2n) is 7.92. The molecule has 0 spiro atoms. The molecule has 0 unspecified atom stereocenters. The molecule has 0 aromatic heterocycles. The van der Waals surface area contributed by atoms with E-state index in [0.29, 0.717) is 28.5 Å². The number of aliphatic imine (C=N–C) groups is 1. The van der Waals surface area contributed by atoms with Crippen molar-refractivity contribution in [2.24, 2.45) is 10.1 Å². The summed E-state index contributed by atoms with van der Waals surface area (Å²) in [6.07, 6.45) is 2.18. The van der Waals surface area contributed by atoms with Gasteiger partial charge in [0.05, 0.1) is 16.1 Å². The van der Waals surface area contributed by atoms with Crippen molar-refractivity contribution < 1.29 is 14.5 Å². The number of nitrogens with zero attached hydrogens (tertiary/aromatic N) is 4. The van der Waals surface area contributed by atoms with Gasteiger partial charge in [0.25, 0.3) is 11.6 Å². The van der Waals surface area contributed by atoms with Gasteiger partial charge in [-0.1, -0.05) is 54.6 Å². The molecular weight excluding hydrogens is 478 g/mol. The van der Waals surface area contributed by atoms with Crippen LogP contribution in [0.25, 0.3) is 6.08 Å². The highest BCUT2D eigenvalue weighted by Gasteiger charge is 2.35. The minimum atomic E-state index is -0.494. The first-order valence-electron chi connectivity index (χ1n) is 11.0. The smallest absolute Gasteiger partial charge is 0.283 e. The Morgan fingerprint density at radius 1 is 1.03 bits per heavy atom. The number of amidine groups is 2. The average molecular weight is 498 g/mol. The molecule has 0 saturated carbocycles. The fourth-order valence-corrected chi connectivity index (χ4v) is 4.59. The van der Waals surface area contributed by atoms with Gasteiger partial charge in [-0.25, -0.2) is 0 Å². The van der Waals surface area contributed by atoms with Gasteiger partial charge in [0.1, 0.15) is 17.4 Å². The van der Waals surface area contributed by atoms with Crippen LogP contribution in [0.2, 0.25) is 0 Å². The van der Waals surface area contributed by atoms with E-state index in [1.807, 2.05) is 30.3 Å². The number of nitro benzene ring substituents is 1. The van der Waals surface area contributed by atoms with E-state index < -0.39 is 10.8 Å². The summed E-state index contributed by atoms with van der Waals surface area (Å²) in [5.74, 6) is -0.00403. The third-order valence-electron chi connectivity index (χ3n) is 5.47. The van der Waals surface area contributed by atoms with Crippen LogP contribution in [-0.2, 0) is 17.8 Å². The number of rotatable bonds is 7. The lowest BCUT2D eigenvalue weighted by molar-refractivity contribution is -0.385. The van der Waals surface area contributed by atoms with Crippen molar-refractivity contribution in [2.45, 2.75) is 13.0 Å². The number of hydrogen-bond donors (Lipinski definition) is 1. The maximum Gasteiger partial charge on any atom is 0.283 e. The standard InChI is InChI=1S/C26H19N5O4S/c27-24-21(25(32)28-26-30(24)29-23(36-26)15-17-6-2-1-3-7-17)14-18-10-12-20(13-11-18)35-16-19-8-4-5-9-22(19)31(33)34/h1-14,27H,15-16H2/b21-14-,27-24?. The summed E-state index contributed by atoms with van der Waals surface area (Å²) in [6, 6.07) is 23.1. The summed E-state index contributed by atoms with van der Waals surface area (Å²) in [5.41, 5.74) is 2.38. The Hall–Kier alpha value is -4.57. The lowest BCUT2D eigenvalue weighted by Gasteiger charge is -2.20. The van der Waals surface area contributed by atoms with E-state index in [-0.39, 0.29) is 23.7 Å². The van der Waals surface area contributed by atoms with Crippen molar-refractivity contribution in [3.05, 3.63) is 111 Å². The van der Waals surface area contributed by atoms with Gasteiger partial charge in [-0.15, -0.1) is 0 Å². The van der Waals surface area contributed by atoms with Gasteiger partial charge in [-0.2, -0.15) is 15.1 Å². The van der Waals surface area contributed by atoms with Gasteiger partial charge in [0.15, 0.2) is 5.84 Å². The number of fused-ring (bicyclic) bond motifs is 1. The fourth-order valence-electron chi connectivity index (χ4n) is 3.67. The Morgan fingerprint density at radius 2 is 1.75 bits per heavy atom. The summed E-state index contributed by atoms with van der Waals surface area (Å²) in [5, 5.41) is 26.7. The molecule has 0 fully saturated rings. The Labute approximate surface area is 210 Å². The topological polar surface area (TPSA) is 121 Å².